The van der Waals surface area contributed by atoms with Crippen molar-refractivity contribution in [2.75, 3.05) is 13.7 Å². The van der Waals surface area contributed by atoms with Crippen LogP contribution in [0.15, 0.2) is 53.1 Å². The van der Waals surface area contributed by atoms with E-state index >= 15 is 0 Å². The Hall–Kier alpha value is -2.93. The third-order valence-corrected chi connectivity index (χ3v) is 3.81. The molecular weight excluding hydrogens is 361 g/mol. The summed E-state index contributed by atoms with van der Waals surface area (Å²) in [6.45, 7) is -0.185. The number of hydrogen-bond donors (Lipinski definition) is 0. The van der Waals surface area contributed by atoms with Crippen LogP contribution in [-0.4, -0.2) is 34.6 Å². The molecule has 1 aromatic heterocycles. The van der Waals surface area contributed by atoms with Crippen molar-refractivity contribution in [3.05, 3.63) is 65.3 Å². The largest absolute Gasteiger partial charge is 0.481 e. The molecular formula is C18H15ClFN3O3. The fraction of sp³-hybridized carbons (Fsp3) is 0.167. The van der Waals surface area contributed by atoms with E-state index in [1.807, 2.05) is 0 Å². The molecule has 0 aliphatic carbocycles. The highest BCUT2D eigenvalue weighted by molar-refractivity contribution is 6.30. The maximum atomic E-state index is 13.5. The van der Waals surface area contributed by atoms with Crippen LogP contribution in [0, 0.1) is 5.82 Å². The number of halogens is 2. The van der Waals surface area contributed by atoms with E-state index in [0.29, 0.717) is 10.8 Å². The molecule has 1 amide bonds. The fourth-order valence-corrected chi connectivity index (χ4v) is 2.26. The molecule has 0 N–H and O–H groups in total. The molecule has 1 heterocycles. The molecule has 3 rings (SSSR count). The number of carbonyl (C=O) groups excluding carboxylic acids is 1. The lowest BCUT2D eigenvalue weighted by Gasteiger charge is -2.15. The summed E-state index contributed by atoms with van der Waals surface area (Å²) >= 11 is 5.85. The lowest BCUT2D eigenvalue weighted by atomic mass is 10.2. The number of rotatable bonds is 6. The first-order valence-corrected chi connectivity index (χ1v) is 8.10. The maximum absolute atomic E-state index is 13.5. The highest BCUT2D eigenvalue weighted by Crippen LogP contribution is 2.19. The van der Waals surface area contributed by atoms with E-state index in [1.165, 1.54) is 17.0 Å². The van der Waals surface area contributed by atoms with Gasteiger partial charge in [0.25, 0.3) is 5.91 Å². The number of carbonyl (C=O) groups is 1. The van der Waals surface area contributed by atoms with E-state index in [2.05, 4.69) is 10.1 Å². The van der Waals surface area contributed by atoms with Gasteiger partial charge in [0.2, 0.25) is 11.7 Å². The Morgan fingerprint density at radius 3 is 2.69 bits per heavy atom. The van der Waals surface area contributed by atoms with Crippen LogP contribution >= 0.6 is 11.6 Å². The second-order valence-electron chi connectivity index (χ2n) is 5.49. The van der Waals surface area contributed by atoms with Gasteiger partial charge in [-0.3, -0.25) is 4.79 Å². The van der Waals surface area contributed by atoms with Crippen molar-refractivity contribution in [3.8, 4) is 17.1 Å². The molecule has 3 aromatic rings. The van der Waals surface area contributed by atoms with Crippen molar-refractivity contribution in [1.29, 1.82) is 0 Å². The van der Waals surface area contributed by atoms with Gasteiger partial charge in [0.1, 0.15) is 0 Å². The topological polar surface area (TPSA) is 68.5 Å². The predicted molar refractivity (Wildman–Crippen MR) is 93.1 cm³/mol. The van der Waals surface area contributed by atoms with Crippen molar-refractivity contribution >= 4 is 17.5 Å². The van der Waals surface area contributed by atoms with Crippen molar-refractivity contribution < 1.29 is 18.4 Å². The Kier molecular flexibility index (Phi) is 5.48. The number of benzene rings is 2. The molecule has 0 spiro atoms. The first-order valence-electron chi connectivity index (χ1n) is 7.73. The van der Waals surface area contributed by atoms with Crippen LogP contribution in [0.3, 0.4) is 0 Å². The van der Waals surface area contributed by atoms with Crippen LogP contribution in [0.5, 0.6) is 5.75 Å². The van der Waals surface area contributed by atoms with Crippen LogP contribution in [-0.2, 0) is 11.3 Å². The van der Waals surface area contributed by atoms with E-state index in [-0.39, 0.29) is 30.7 Å². The van der Waals surface area contributed by atoms with Crippen LogP contribution in [0.1, 0.15) is 5.89 Å². The molecule has 0 aliphatic rings. The summed E-state index contributed by atoms with van der Waals surface area (Å²) in [5.41, 5.74) is 0.751. The predicted octanol–water partition coefficient (Wildman–Crippen LogP) is 3.57. The molecule has 0 unspecified atom stereocenters. The number of nitrogens with zero attached hydrogens (tertiary/aromatic N) is 3. The molecule has 0 fully saturated rings. The van der Waals surface area contributed by atoms with Gasteiger partial charge >= 0.3 is 0 Å². The Labute approximate surface area is 154 Å². The average molecular weight is 376 g/mol. The summed E-state index contributed by atoms with van der Waals surface area (Å²) in [6, 6.07) is 12.9. The van der Waals surface area contributed by atoms with Crippen LogP contribution in [0.2, 0.25) is 5.02 Å². The standard InChI is InChI=1S/C18H15ClFN3O3/c1-23(17(24)11-25-15-5-3-2-4-14(15)20)10-16-21-18(22-26-16)12-6-8-13(19)9-7-12/h2-9H,10-11H2,1H3. The maximum Gasteiger partial charge on any atom is 0.260 e. The minimum absolute atomic E-state index is 0.0251. The third kappa shape index (κ3) is 4.37. The number of likely N-dealkylation sites (N-methyl/N-ethyl adjacent to an activating group) is 1. The Bertz CT molecular complexity index is 899. The summed E-state index contributed by atoms with van der Waals surface area (Å²) in [5, 5.41) is 4.49. The van der Waals surface area contributed by atoms with Crippen molar-refractivity contribution in [3.63, 3.8) is 0 Å². The van der Waals surface area contributed by atoms with Gasteiger partial charge in [-0.25, -0.2) is 4.39 Å². The van der Waals surface area contributed by atoms with Gasteiger partial charge in [0, 0.05) is 17.6 Å². The molecule has 26 heavy (non-hydrogen) atoms. The second-order valence-corrected chi connectivity index (χ2v) is 5.92. The molecule has 6 nitrogen and oxygen atoms in total. The Morgan fingerprint density at radius 2 is 1.96 bits per heavy atom. The van der Waals surface area contributed by atoms with Gasteiger partial charge in [-0.05, 0) is 36.4 Å². The highest BCUT2D eigenvalue weighted by Gasteiger charge is 2.16. The molecule has 0 aliphatic heterocycles. The van der Waals surface area contributed by atoms with Crippen molar-refractivity contribution in [1.82, 2.24) is 15.0 Å². The van der Waals surface area contributed by atoms with Crippen molar-refractivity contribution in [2.24, 2.45) is 0 Å². The zero-order chi connectivity index (χ0) is 18.5. The quantitative estimate of drug-likeness (QED) is 0.658. The molecule has 2 aromatic carbocycles. The molecule has 0 saturated heterocycles. The number of hydrogen-bond acceptors (Lipinski definition) is 5. The van der Waals surface area contributed by atoms with Gasteiger partial charge in [-0.15, -0.1) is 0 Å². The Morgan fingerprint density at radius 1 is 1.23 bits per heavy atom. The fourth-order valence-electron chi connectivity index (χ4n) is 2.14. The lowest BCUT2D eigenvalue weighted by Crippen LogP contribution is -2.31. The smallest absolute Gasteiger partial charge is 0.260 e. The van der Waals surface area contributed by atoms with Gasteiger partial charge in [0.05, 0.1) is 6.54 Å². The number of aromatic nitrogens is 2. The zero-order valence-electron chi connectivity index (χ0n) is 13.9. The zero-order valence-corrected chi connectivity index (χ0v) is 14.6. The van der Waals surface area contributed by atoms with E-state index in [1.54, 1.807) is 43.4 Å². The van der Waals surface area contributed by atoms with Crippen LogP contribution in [0.4, 0.5) is 4.39 Å². The molecule has 0 saturated carbocycles. The SMILES string of the molecule is CN(Cc1nc(-c2ccc(Cl)cc2)no1)C(=O)COc1ccccc1F. The first kappa shape index (κ1) is 17.9. The van der Waals surface area contributed by atoms with Crippen LogP contribution in [0.25, 0.3) is 11.4 Å². The van der Waals surface area contributed by atoms with Gasteiger partial charge < -0.3 is 14.2 Å². The van der Waals surface area contributed by atoms with Gasteiger partial charge in [0.15, 0.2) is 18.2 Å². The second kappa shape index (κ2) is 7.97. The van der Waals surface area contributed by atoms with E-state index in [9.17, 15) is 9.18 Å². The summed E-state index contributed by atoms with van der Waals surface area (Å²) in [4.78, 5) is 17.7. The summed E-state index contributed by atoms with van der Waals surface area (Å²) in [7, 11) is 1.57. The minimum atomic E-state index is -0.521. The highest BCUT2D eigenvalue weighted by atomic mass is 35.5. The summed E-state index contributed by atoms with van der Waals surface area (Å²) < 4.78 is 23.8. The van der Waals surface area contributed by atoms with Gasteiger partial charge in [-0.1, -0.05) is 28.9 Å². The normalized spacial score (nSPS) is 10.6. The Balaban J connectivity index is 1.57. The van der Waals surface area contributed by atoms with E-state index in [4.69, 9.17) is 20.9 Å². The monoisotopic (exact) mass is 375 g/mol. The number of amides is 1. The average Bonchev–Trinajstić information content (AvgIpc) is 3.09. The lowest BCUT2D eigenvalue weighted by molar-refractivity contribution is -0.132. The van der Waals surface area contributed by atoms with Crippen molar-refractivity contribution in [2.45, 2.75) is 6.54 Å². The van der Waals surface area contributed by atoms with E-state index in [0.717, 1.165) is 5.56 Å². The first-order chi connectivity index (χ1) is 12.5. The molecule has 0 bridgehead atoms. The number of ether oxygens (including phenoxy) is 1. The summed E-state index contributed by atoms with van der Waals surface area (Å²) in [5.74, 6) is -0.166. The molecule has 134 valence electrons. The third-order valence-electron chi connectivity index (χ3n) is 3.56. The number of para-hydroxylation sites is 1. The van der Waals surface area contributed by atoms with Crippen LogP contribution < -0.4 is 4.74 Å². The molecule has 0 radical (unpaired) electrons. The molecule has 8 heteroatoms. The minimum Gasteiger partial charge on any atom is -0.481 e. The molecule has 0 atom stereocenters. The van der Waals surface area contributed by atoms with Gasteiger partial charge in [-0.2, -0.15) is 4.98 Å². The van der Waals surface area contributed by atoms with E-state index < -0.39 is 5.82 Å². The summed E-state index contributed by atoms with van der Waals surface area (Å²) in [6.07, 6.45) is 0.